The van der Waals surface area contributed by atoms with Crippen LogP contribution < -0.4 is 0 Å². The second kappa shape index (κ2) is 2.51. The van der Waals surface area contributed by atoms with Crippen LogP contribution in [0.5, 0.6) is 0 Å². The van der Waals surface area contributed by atoms with Gasteiger partial charge >= 0.3 is 0 Å². The van der Waals surface area contributed by atoms with Crippen LogP contribution in [0.4, 0.5) is 0 Å². The average Bonchev–Trinajstić information content (AvgIpc) is 1.97. The van der Waals surface area contributed by atoms with Crippen molar-refractivity contribution in [3.8, 4) is 0 Å². The lowest BCUT2D eigenvalue weighted by molar-refractivity contribution is 0.157. The molecule has 0 aliphatic heterocycles. The van der Waals surface area contributed by atoms with Crippen LogP contribution in [0.3, 0.4) is 0 Å². The smallest absolute Gasteiger partial charge is 0.0824 e. The van der Waals surface area contributed by atoms with Gasteiger partial charge in [0.05, 0.1) is 6.10 Å². The third-order valence-corrected chi connectivity index (χ3v) is 2.73. The third-order valence-electron chi connectivity index (χ3n) is 2.73. The zero-order valence-electron chi connectivity index (χ0n) is 6.93. The molecule has 1 heteroatoms. The first-order valence-corrected chi connectivity index (χ1v) is 4.39. The van der Waals surface area contributed by atoms with Crippen molar-refractivity contribution in [1.82, 2.24) is 0 Å². The summed E-state index contributed by atoms with van der Waals surface area (Å²) in [5, 5.41) is 9.53. The minimum atomic E-state index is -0.179. The lowest BCUT2D eigenvalue weighted by atomic mass is 9.77. The molecule has 1 saturated carbocycles. The quantitative estimate of drug-likeness (QED) is 0.524. The molecule has 0 aromatic heterocycles. The predicted octanol–water partition coefficient (Wildman–Crippen LogP) is 2.02. The average molecular weight is 150 g/mol. The standard InChI is InChI=1S/C10H14O/c1-7-4-8-2-3-10(11)9(5-7)6-8/h8,10-11H,2-4,6H2,1H3. The maximum absolute atomic E-state index is 9.53. The van der Waals surface area contributed by atoms with Crippen molar-refractivity contribution in [1.29, 1.82) is 0 Å². The highest BCUT2D eigenvalue weighted by Crippen LogP contribution is 2.35. The van der Waals surface area contributed by atoms with Crippen molar-refractivity contribution in [3.63, 3.8) is 0 Å². The van der Waals surface area contributed by atoms with Crippen molar-refractivity contribution >= 4 is 0 Å². The topological polar surface area (TPSA) is 20.2 Å². The Kier molecular flexibility index (Phi) is 1.63. The van der Waals surface area contributed by atoms with Crippen molar-refractivity contribution in [2.24, 2.45) is 5.92 Å². The molecule has 1 fully saturated rings. The zero-order chi connectivity index (χ0) is 7.84. The molecule has 0 saturated heterocycles. The van der Waals surface area contributed by atoms with E-state index in [1.54, 1.807) is 0 Å². The van der Waals surface area contributed by atoms with E-state index in [1.807, 2.05) is 0 Å². The second-order valence-electron chi connectivity index (χ2n) is 3.80. The molecule has 0 spiro atoms. The fourth-order valence-corrected chi connectivity index (χ4v) is 2.18. The normalized spacial score (nSPS) is 36.2. The molecule has 2 aliphatic rings. The Morgan fingerprint density at radius 1 is 1.36 bits per heavy atom. The van der Waals surface area contributed by atoms with Crippen molar-refractivity contribution in [3.05, 3.63) is 16.9 Å². The molecule has 2 unspecified atom stereocenters. The molecule has 11 heavy (non-hydrogen) atoms. The highest BCUT2D eigenvalue weighted by atomic mass is 16.3. The molecule has 0 amide bonds. The lowest BCUT2D eigenvalue weighted by Crippen LogP contribution is -2.23. The number of rotatable bonds is 0. The van der Waals surface area contributed by atoms with Crippen molar-refractivity contribution < 1.29 is 5.11 Å². The van der Waals surface area contributed by atoms with E-state index in [4.69, 9.17) is 0 Å². The Bertz CT molecular complexity index is 233. The fourth-order valence-electron chi connectivity index (χ4n) is 2.18. The number of aliphatic hydroxyl groups excluding tert-OH is 1. The minimum absolute atomic E-state index is 0.179. The summed E-state index contributed by atoms with van der Waals surface area (Å²) in [5.74, 6) is 0.814. The molecule has 0 aromatic carbocycles. The predicted molar refractivity (Wildman–Crippen MR) is 44.2 cm³/mol. The molecule has 2 rings (SSSR count). The first kappa shape index (κ1) is 7.15. The summed E-state index contributed by atoms with van der Waals surface area (Å²) < 4.78 is 0. The van der Waals surface area contributed by atoms with Crippen molar-refractivity contribution in [2.45, 2.75) is 38.7 Å². The van der Waals surface area contributed by atoms with Gasteiger partial charge in [0.2, 0.25) is 0 Å². The maximum atomic E-state index is 9.53. The van der Waals surface area contributed by atoms with Gasteiger partial charge in [-0.3, -0.25) is 0 Å². The van der Waals surface area contributed by atoms with Gasteiger partial charge in [-0.2, -0.15) is 0 Å². The van der Waals surface area contributed by atoms with Crippen LogP contribution in [0.15, 0.2) is 16.9 Å². The van der Waals surface area contributed by atoms with Crippen LogP contribution in [0.1, 0.15) is 32.6 Å². The van der Waals surface area contributed by atoms with E-state index in [9.17, 15) is 5.11 Å². The summed E-state index contributed by atoms with van der Waals surface area (Å²) in [5.41, 5.74) is 5.77. The number of hydrogen-bond acceptors (Lipinski definition) is 1. The van der Waals surface area contributed by atoms with E-state index in [-0.39, 0.29) is 6.10 Å². The summed E-state index contributed by atoms with van der Waals surface area (Å²) in [7, 11) is 0. The molecule has 60 valence electrons. The first-order chi connectivity index (χ1) is 5.25. The highest BCUT2D eigenvalue weighted by Gasteiger charge is 2.26. The van der Waals surface area contributed by atoms with Crippen molar-refractivity contribution in [2.75, 3.05) is 0 Å². The van der Waals surface area contributed by atoms with E-state index in [1.165, 1.54) is 18.4 Å². The van der Waals surface area contributed by atoms with Crippen LogP contribution in [-0.4, -0.2) is 11.2 Å². The first-order valence-electron chi connectivity index (χ1n) is 4.39. The Labute approximate surface area is 67.4 Å². The van der Waals surface area contributed by atoms with E-state index >= 15 is 0 Å². The van der Waals surface area contributed by atoms with Crippen LogP contribution in [0.25, 0.3) is 0 Å². The Balaban J connectivity index is 2.34. The number of hydrogen-bond donors (Lipinski definition) is 1. The summed E-state index contributed by atoms with van der Waals surface area (Å²) in [6, 6.07) is 0. The Morgan fingerprint density at radius 2 is 2.18 bits per heavy atom. The summed E-state index contributed by atoms with van der Waals surface area (Å²) in [6.45, 7) is 2.12. The molecule has 2 atom stereocenters. The van der Waals surface area contributed by atoms with E-state index < -0.39 is 0 Å². The van der Waals surface area contributed by atoms with Crippen LogP contribution in [-0.2, 0) is 0 Å². The Morgan fingerprint density at radius 3 is 3.00 bits per heavy atom. The molecule has 1 N–H and O–H groups in total. The van der Waals surface area contributed by atoms with Gasteiger partial charge in [-0.15, -0.1) is 5.73 Å². The number of aliphatic hydroxyl groups is 1. The minimum Gasteiger partial charge on any atom is -0.388 e. The van der Waals surface area contributed by atoms with Gasteiger partial charge in [-0.05, 0) is 44.1 Å². The van der Waals surface area contributed by atoms with Gasteiger partial charge in [0.1, 0.15) is 0 Å². The third kappa shape index (κ3) is 1.26. The highest BCUT2D eigenvalue weighted by molar-refractivity contribution is 5.19. The zero-order valence-corrected chi connectivity index (χ0v) is 6.93. The molecule has 0 aromatic rings. The van der Waals surface area contributed by atoms with Crippen LogP contribution >= 0.6 is 0 Å². The van der Waals surface area contributed by atoms with Gasteiger partial charge in [0, 0.05) is 5.57 Å². The monoisotopic (exact) mass is 150 g/mol. The van der Waals surface area contributed by atoms with Gasteiger partial charge in [-0.25, -0.2) is 0 Å². The summed E-state index contributed by atoms with van der Waals surface area (Å²) in [6.07, 6.45) is 4.28. The fraction of sp³-hybridized carbons (Fsp3) is 0.700. The Hall–Kier alpha value is -0.520. The number of fused-ring (bicyclic) bond motifs is 2. The molecule has 1 nitrogen and oxygen atoms in total. The molecule has 0 heterocycles. The molecule has 2 bridgehead atoms. The van der Waals surface area contributed by atoms with E-state index in [0.717, 1.165) is 24.3 Å². The largest absolute Gasteiger partial charge is 0.388 e. The van der Waals surface area contributed by atoms with Gasteiger partial charge < -0.3 is 5.11 Å². The van der Waals surface area contributed by atoms with Gasteiger partial charge in [0.15, 0.2) is 0 Å². The summed E-state index contributed by atoms with van der Waals surface area (Å²) in [4.78, 5) is 0. The molecular formula is C10H14O. The maximum Gasteiger partial charge on any atom is 0.0824 e. The second-order valence-corrected chi connectivity index (χ2v) is 3.80. The molecular weight excluding hydrogens is 136 g/mol. The molecule has 0 radical (unpaired) electrons. The van der Waals surface area contributed by atoms with Crippen LogP contribution in [0.2, 0.25) is 0 Å². The van der Waals surface area contributed by atoms with E-state index in [0.29, 0.717) is 0 Å². The van der Waals surface area contributed by atoms with E-state index in [2.05, 4.69) is 12.7 Å². The summed E-state index contributed by atoms with van der Waals surface area (Å²) >= 11 is 0. The van der Waals surface area contributed by atoms with Gasteiger partial charge in [0.25, 0.3) is 0 Å². The van der Waals surface area contributed by atoms with Crippen LogP contribution in [0, 0.1) is 5.92 Å². The van der Waals surface area contributed by atoms with Gasteiger partial charge in [-0.1, -0.05) is 0 Å². The SMILES string of the molecule is CC1=C=C2CC(CCC2O)C1. The molecule has 2 aliphatic carbocycles. The lowest BCUT2D eigenvalue weighted by Gasteiger charge is -2.30.